The Morgan fingerprint density at radius 1 is 1.16 bits per heavy atom. The highest BCUT2D eigenvalue weighted by molar-refractivity contribution is 7.14. The summed E-state index contributed by atoms with van der Waals surface area (Å²) < 4.78 is 17.1. The first-order valence-corrected chi connectivity index (χ1v) is 12.0. The molecule has 1 aliphatic heterocycles. The number of rotatable bonds is 10. The maximum Gasteiger partial charge on any atom is 0.257 e. The van der Waals surface area contributed by atoms with Crippen molar-refractivity contribution in [3.05, 3.63) is 28.8 Å². The second kappa shape index (κ2) is 11.3. The summed E-state index contributed by atoms with van der Waals surface area (Å²) in [5.41, 5.74) is 1.43. The van der Waals surface area contributed by atoms with Crippen LogP contribution in [0.2, 0.25) is 0 Å². The summed E-state index contributed by atoms with van der Waals surface area (Å²) in [7, 11) is 0. The fourth-order valence-corrected chi connectivity index (χ4v) is 4.48. The van der Waals surface area contributed by atoms with Crippen LogP contribution in [0.4, 0.5) is 5.13 Å². The van der Waals surface area contributed by atoms with Crippen molar-refractivity contribution in [1.29, 1.82) is 0 Å². The summed E-state index contributed by atoms with van der Waals surface area (Å²) in [4.78, 5) is 20.0. The van der Waals surface area contributed by atoms with E-state index in [1.807, 2.05) is 26.2 Å². The minimum Gasteiger partial charge on any atom is -0.490 e. The Morgan fingerprint density at radius 2 is 1.84 bits per heavy atom. The number of hydrogen-bond acceptors (Lipinski definition) is 7. The molecule has 1 amide bonds. The second-order valence-corrected chi connectivity index (χ2v) is 8.54. The second-order valence-electron chi connectivity index (χ2n) is 7.68. The molecule has 1 aliphatic rings. The number of benzene rings is 1. The van der Waals surface area contributed by atoms with Gasteiger partial charge in [-0.2, -0.15) is 0 Å². The smallest absolute Gasteiger partial charge is 0.257 e. The lowest BCUT2D eigenvalue weighted by Crippen LogP contribution is -2.33. The number of carbonyl (C=O) groups excluding carboxylic acids is 1. The summed E-state index contributed by atoms with van der Waals surface area (Å²) in [6.07, 6.45) is 2.53. The van der Waals surface area contributed by atoms with Gasteiger partial charge in [-0.3, -0.25) is 15.0 Å². The number of nitrogens with one attached hydrogen (secondary N) is 1. The molecule has 0 saturated carbocycles. The number of nitrogens with zero attached hydrogens (tertiary/aromatic N) is 2. The molecule has 0 radical (unpaired) electrons. The summed E-state index contributed by atoms with van der Waals surface area (Å²) in [6.45, 7) is 12.4. The monoisotopic (exact) mass is 447 g/mol. The van der Waals surface area contributed by atoms with E-state index in [0.29, 0.717) is 47.8 Å². The Balaban J connectivity index is 1.73. The van der Waals surface area contributed by atoms with E-state index >= 15 is 0 Å². The van der Waals surface area contributed by atoms with Crippen molar-refractivity contribution in [3.63, 3.8) is 0 Å². The Hall–Kier alpha value is -2.32. The third-order valence-electron chi connectivity index (χ3n) is 5.07. The van der Waals surface area contributed by atoms with Crippen LogP contribution in [0.5, 0.6) is 17.2 Å². The first kappa shape index (κ1) is 23.3. The molecule has 1 saturated heterocycles. The Kier molecular flexibility index (Phi) is 8.54. The molecule has 1 N–H and O–H groups in total. The normalized spacial score (nSPS) is 16.7. The lowest BCUT2D eigenvalue weighted by Gasteiger charge is -2.30. The van der Waals surface area contributed by atoms with E-state index in [4.69, 9.17) is 14.2 Å². The van der Waals surface area contributed by atoms with Gasteiger partial charge in [-0.1, -0.05) is 6.92 Å². The number of ether oxygens (including phenoxy) is 3. The molecule has 0 aliphatic carbocycles. The van der Waals surface area contributed by atoms with Gasteiger partial charge in [-0.25, -0.2) is 4.98 Å². The maximum absolute atomic E-state index is 12.9. The van der Waals surface area contributed by atoms with Crippen LogP contribution < -0.4 is 19.5 Å². The van der Waals surface area contributed by atoms with E-state index < -0.39 is 0 Å². The predicted octanol–water partition coefficient (Wildman–Crippen LogP) is 4.82. The van der Waals surface area contributed by atoms with E-state index in [1.54, 1.807) is 12.1 Å². The van der Waals surface area contributed by atoms with Crippen molar-refractivity contribution in [2.75, 3.05) is 38.2 Å². The maximum atomic E-state index is 12.9. The van der Waals surface area contributed by atoms with Crippen LogP contribution in [0, 0.1) is 5.92 Å². The van der Waals surface area contributed by atoms with Gasteiger partial charge >= 0.3 is 0 Å². The Labute approximate surface area is 188 Å². The van der Waals surface area contributed by atoms with Crippen molar-refractivity contribution in [3.8, 4) is 17.2 Å². The molecule has 7 nitrogen and oxygen atoms in total. The third kappa shape index (κ3) is 6.33. The number of anilines is 1. The van der Waals surface area contributed by atoms with Crippen LogP contribution >= 0.6 is 11.3 Å². The molecule has 1 unspecified atom stereocenters. The molecule has 2 aromatic rings. The molecule has 1 aromatic heterocycles. The molecule has 0 spiro atoms. The van der Waals surface area contributed by atoms with Crippen LogP contribution in [-0.4, -0.2) is 48.7 Å². The molecular weight excluding hydrogens is 414 g/mol. The van der Waals surface area contributed by atoms with Crippen LogP contribution in [0.1, 0.15) is 56.6 Å². The number of piperidine rings is 1. The molecule has 0 bridgehead atoms. The van der Waals surface area contributed by atoms with Gasteiger partial charge in [0.1, 0.15) is 0 Å². The van der Waals surface area contributed by atoms with Gasteiger partial charge in [0.25, 0.3) is 5.91 Å². The van der Waals surface area contributed by atoms with Gasteiger partial charge < -0.3 is 14.2 Å². The van der Waals surface area contributed by atoms with Crippen LogP contribution in [0.25, 0.3) is 0 Å². The highest BCUT2D eigenvalue weighted by Crippen LogP contribution is 2.39. The predicted molar refractivity (Wildman–Crippen MR) is 124 cm³/mol. The minimum absolute atomic E-state index is 0.252. The summed E-state index contributed by atoms with van der Waals surface area (Å²) >= 11 is 1.45. The average Bonchev–Trinajstić information content (AvgIpc) is 3.17. The number of carbonyl (C=O) groups is 1. The number of hydrogen-bond donors (Lipinski definition) is 1. The topological polar surface area (TPSA) is 72.9 Å². The largest absolute Gasteiger partial charge is 0.490 e. The van der Waals surface area contributed by atoms with Gasteiger partial charge in [0, 0.05) is 24.0 Å². The van der Waals surface area contributed by atoms with Crippen molar-refractivity contribution in [2.45, 2.75) is 47.1 Å². The van der Waals surface area contributed by atoms with E-state index in [1.165, 1.54) is 24.2 Å². The first-order chi connectivity index (χ1) is 15.0. The fraction of sp³-hybridized carbons (Fsp3) is 0.565. The van der Waals surface area contributed by atoms with Crippen molar-refractivity contribution < 1.29 is 19.0 Å². The lowest BCUT2D eigenvalue weighted by atomic mass is 10.0. The standard InChI is InChI=1S/C23H33N3O4S/c1-5-28-19-11-17(12-20(29-6-2)21(19)30-7-3)22(27)25-23-24-18(15-31-23)14-26-10-8-9-16(4)13-26/h11-12,15-16H,5-10,13-14H2,1-4H3,(H,24,25,27). The first-order valence-electron chi connectivity index (χ1n) is 11.1. The zero-order chi connectivity index (χ0) is 22.2. The molecule has 8 heteroatoms. The van der Waals surface area contributed by atoms with E-state index in [2.05, 4.69) is 22.1 Å². The zero-order valence-electron chi connectivity index (χ0n) is 18.9. The molecule has 1 atom stereocenters. The van der Waals surface area contributed by atoms with Crippen LogP contribution in [-0.2, 0) is 6.54 Å². The van der Waals surface area contributed by atoms with Crippen molar-refractivity contribution in [2.24, 2.45) is 5.92 Å². The van der Waals surface area contributed by atoms with E-state index in [0.717, 1.165) is 31.2 Å². The molecule has 170 valence electrons. The number of amides is 1. The highest BCUT2D eigenvalue weighted by Gasteiger charge is 2.20. The quantitative estimate of drug-likeness (QED) is 0.563. The Morgan fingerprint density at radius 3 is 2.45 bits per heavy atom. The zero-order valence-corrected chi connectivity index (χ0v) is 19.7. The van der Waals surface area contributed by atoms with Crippen molar-refractivity contribution >= 4 is 22.4 Å². The average molecular weight is 448 g/mol. The van der Waals surface area contributed by atoms with E-state index in [-0.39, 0.29) is 5.91 Å². The third-order valence-corrected chi connectivity index (χ3v) is 5.88. The highest BCUT2D eigenvalue weighted by atomic mass is 32.1. The molecule has 2 heterocycles. The summed E-state index contributed by atoms with van der Waals surface area (Å²) in [5.74, 6) is 2.00. The minimum atomic E-state index is -0.252. The molecule has 1 fully saturated rings. The van der Waals surface area contributed by atoms with Gasteiger partial charge in [-0.15, -0.1) is 11.3 Å². The van der Waals surface area contributed by atoms with Gasteiger partial charge in [0.05, 0.1) is 25.5 Å². The van der Waals surface area contributed by atoms with Gasteiger partial charge in [0.15, 0.2) is 16.6 Å². The van der Waals surface area contributed by atoms with Crippen LogP contribution in [0.3, 0.4) is 0 Å². The van der Waals surface area contributed by atoms with Crippen molar-refractivity contribution in [1.82, 2.24) is 9.88 Å². The molecule has 1 aromatic carbocycles. The lowest BCUT2D eigenvalue weighted by molar-refractivity contribution is 0.102. The summed E-state index contributed by atoms with van der Waals surface area (Å²) in [6, 6.07) is 3.38. The Bertz CT molecular complexity index is 843. The molecular formula is C23H33N3O4S. The summed E-state index contributed by atoms with van der Waals surface area (Å²) in [5, 5.41) is 5.52. The molecule has 31 heavy (non-hydrogen) atoms. The number of thiazole rings is 1. The number of likely N-dealkylation sites (tertiary alicyclic amines) is 1. The SMILES string of the molecule is CCOc1cc(C(=O)Nc2nc(CN3CCCC(C)C3)cs2)cc(OCC)c1OCC. The fourth-order valence-electron chi connectivity index (χ4n) is 3.79. The van der Waals surface area contributed by atoms with E-state index in [9.17, 15) is 4.79 Å². The molecule has 3 rings (SSSR count). The van der Waals surface area contributed by atoms with Gasteiger partial charge in [-0.05, 0) is 58.2 Å². The van der Waals surface area contributed by atoms with Crippen LogP contribution in [0.15, 0.2) is 17.5 Å². The number of aromatic nitrogens is 1. The van der Waals surface area contributed by atoms with Gasteiger partial charge in [0.2, 0.25) is 5.75 Å².